The highest BCUT2D eigenvalue weighted by molar-refractivity contribution is 5.84. The number of hydrogen-bond acceptors (Lipinski definition) is 5. The van der Waals surface area contributed by atoms with Gasteiger partial charge in [-0.25, -0.2) is 18.9 Å². The van der Waals surface area contributed by atoms with Gasteiger partial charge in [-0.1, -0.05) is 0 Å². The molecule has 1 aliphatic heterocycles. The standard InChI is InChI=1S/C26H36FN7/c1-15-9-18(22-11-21(28)24-29-16(2)14-34(24)31-22)10-20(27)23(15)30-17(3)33(8)19-12-25(4,5)32-26(6,7)13-19/h9-11,14,19,32H,12-13,28H2,1-8H3. The van der Waals surface area contributed by atoms with Crippen molar-refractivity contribution in [2.75, 3.05) is 12.8 Å². The smallest absolute Gasteiger partial charge is 0.177 e. The van der Waals surface area contributed by atoms with Crippen LogP contribution in [0.25, 0.3) is 16.9 Å². The van der Waals surface area contributed by atoms with Gasteiger partial charge in [-0.2, -0.15) is 5.10 Å². The third kappa shape index (κ3) is 4.78. The molecule has 0 bridgehead atoms. The second-order valence-electron chi connectivity index (χ2n) is 11.0. The Labute approximate surface area is 201 Å². The van der Waals surface area contributed by atoms with Crippen molar-refractivity contribution < 1.29 is 4.39 Å². The molecule has 0 amide bonds. The first-order valence-corrected chi connectivity index (χ1v) is 11.8. The fourth-order valence-corrected chi connectivity index (χ4v) is 5.33. The summed E-state index contributed by atoms with van der Waals surface area (Å²) in [6.45, 7) is 14.6. The van der Waals surface area contributed by atoms with Gasteiger partial charge in [0, 0.05) is 29.7 Å². The van der Waals surface area contributed by atoms with Gasteiger partial charge in [0.05, 0.1) is 23.3 Å². The SMILES string of the molecule is CC(=Nc1c(C)cc(-c2cc(N)c3nc(C)cn3n2)cc1F)N(C)C1CC(C)(C)NC(C)(C)C1. The summed E-state index contributed by atoms with van der Waals surface area (Å²) < 4.78 is 17.0. The zero-order valence-electron chi connectivity index (χ0n) is 21.5. The average Bonchev–Trinajstić information content (AvgIpc) is 3.08. The number of rotatable bonds is 3. The van der Waals surface area contributed by atoms with Crippen molar-refractivity contribution in [3.05, 3.63) is 41.5 Å². The van der Waals surface area contributed by atoms with Gasteiger partial charge in [0.2, 0.25) is 0 Å². The van der Waals surface area contributed by atoms with Crippen molar-refractivity contribution in [3.8, 4) is 11.3 Å². The van der Waals surface area contributed by atoms with E-state index in [0.717, 1.165) is 29.9 Å². The van der Waals surface area contributed by atoms with E-state index in [1.54, 1.807) is 16.8 Å². The van der Waals surface area contributed by atoms with E-state index in [0.29, 0.717) is 34.3 Å². The van der Waals surface area contributed by atoms with E-state index >= 15 is 4.39 Å². The zero-order valence-corrected chi connectivity index (χ0v) is 21.5. The first-order chi connectivity index (χ1) is 15.7. The predicted molar refractivity (Wildman–Crippen MR) is 137 cm³/mol. The Morgan fingerprint density at radius 3 is 2.44 bits per heavy atom. The molecule has 3 aromatic rings. The summed E-state index contributed by atoms with van der Waals surface area (Å²) in [6, 6.07) is 5.44. The lowest BCUT2D eigenvalue weighted by Crippen LogP contribution is -2.62. The minimum absolute atomic E-state index is 0.0213. The fraction of sp³-hybridized carbons (Fsp3) is 0.500. The Morgan fingerprint density at radius 1 is 1.18 bits per heavy atom. The van der Waals surface area contributed by atoms with E-state index in [1.165, 1.54) is 6.07 Å². The number of fused-ring (bicyclic) bond motifs is 1. The Balaban J connectivity index is 1.64. The minimum atomic E-state index is -0.379. The maximum atomic E-state index is 15.3. The van der Waals surface area contributed by atoms with Crippen molar-refractivity contribution in [1.29, 1.82) is 0 Å². The molecule has 0 unspecified atom stereocenters. The summed E-state index contributed by atoms with van der Waals surface area (Å²) in [6.07, 6.45) is 3.78. The van der Waals surface area contributed by atoms with Gasteiger partial charge < -0.3 is 16.0 Å². The van der Waals surface area contributed by atoms with Crippen LogP contribution in [0.3, 0.4) is 0 Å². The highest BCUT2D eigenvalue weighted by atomic mass is 19.1. The maximum Gasteiger partial charge on any atom is 0.177 e. The number of imidazole rings is 1. The monoisotopic (exact) mass is 465 g/mol. The van der Waals surface area contributed by atoms with Crippen LogP contribution in [0.1, 0.15) is 58.7 Å². The van der Waals surface area contributed by atoms with E-state index in [9.17, 15) is 0 Å². The third-order valence-corrected chi connectivity index (χ3v) is 6.62. The van der Waals surface area contributed by atoms with Crippen molar-refractivity contribution in [2.45, 2.75) is 78.4 Å². The summed E-state index contributed by atoms with van der Waals surface area (Å²) in [5, 5.41) is 8.29. The molecule has 7 nitrogen and oxygen atoms in total. The summed E-state index contributed by atoms with van der Waals surface area (Å²) in [4.78, 5) is 11.3. The number of aliphatic imine (C=N–C) groups is 1. The number of benzene rings is 1. The number of nitrogen functional groups attached to an aromatic ring is 1. The molecule has 0 spiro atoms. The molecule has 8 heteroatoms. The van der Waals surface area contributed by atoms with E-state index < -0.39 is 0 Å². The van der Waals surface area contributed by atoms with Crippen LogP contribution in [-0.4, -0.2) is 49.5 Å². The molecule has 34 heavy (non-hydrogen) atoms. The highest BCUT2D eigenvalue weighted by Gasteiger charge is 2.39. The van der Waals surface area contributed by atoms with Crippen LogP contribution in [0.2, 0.25) is 0 Å². The van der Waals surface area contributed by atoms with Gasteiger partial charge in [0.1, 0.15) is 17.3 Å². The first-order valence-electron chi connectivity index (χ1n) is 11.8. The molecule has 0 saturated carbocycles. The second-order valence-corrected chi connectivity index (χ2v) is 11.0. The lowest BCUT2D eigenvalue weighted by atomic mass is 9.79. The van der Waals surface area contributed by atoms with Crippen molar-refractivity contribution >= 4 is 22.9 Å². The van der Waals surface area contributed by atoms with Crippen LogP contribution >= 0.6 is 0 Å². The molecule has 1 fully saturated rings. The quantitative estimate of drug-likeness (QED) is 0.419. The second kappa shape index (κ2) is 8.34. The molecule has 1 aromatic carbocycles. The largest absolute Gasteiger partial charge is 0.396 e. The number of hydrogen-bond donors (Lipinski definition) is 2. The predicted octanol–water partition coefficient (Wildman–Crippen LogP) is 5.03. The highest BCUT2D eigenvalue weighted by Crippen LogP contribution is 2.33. The molecule has 1 saturated heterocycles. The van der Waals surface area contributed by atoms with Gasteiger partial charge in [-0.15, -0.1) is 0 Å². The number of nitrogens with zero attached hydrogens (tertiary/aromatic N) is 5. The summed E-state index contributed by atoms with van der Waals surface area (Å²) in [7, 11) is 2.05. The van der Waals surface area contributed by atoms with E-state index in [4.69, 9.17) is 10.7 Å². The van der Waals surface area contributed by atoms with Crippen LogP contribution < -0.4 is 11.1 Å². The molecule has 3 N–H and O–H groups in total. The Morgan fingerprint density at radius 2 is 1.82 bits per heavy atom. The number of nitrogens with two attached hydrogens (primary N) is 1. The molecule has 4 rings (SSSR count). The Kier molecular flexibility index (Phi) is 5.92. The molecular formula is C26H36FN7. The van der Waals surface area contributed by atoms with Gasteiger partial charge in [-0.3, -0.25) is 0 Å². The van der Waals surface area contributed by atoms with E-state index in [2.05, 4.69) is 55.0 Å². The Hall–Kier alpha value is -3.00. The number of aromatic nitrogens is 3. The molecule has 0 aliphatic carbocycles. The van der Waals surface area contributed by atoms with Crippen LogP contribution in [0.4, 0.5) is 15.8 Å². The number of piperidine rings is 1. The van der Waals surface area contributed by atoms with Gasteiger partial charge >= 0.3 is 0 Å². The normalized spacial score (nSPS) is 18.4. The third-order valence-electron chi connectivity index (χ3n) is 6.62. The van der Waals surface area contributed by atoms with Gasteiger partial charge in [0.15, 0.2) is 5.65 Å². The van der Waals surface area contributed by atoms with Crippen LogP contribution in [-0.2, 0) is 0 Å². The summed E-state index contributed by atoms with van der Waals surface area (Å²) >= 11 is 0. The van der Waals surface area contributed by atoms with Crippen molar-refractivity contribution in [2.24, 2.45) is 4.99 Å². The van der Waals surface area contributed by atoms with Crippen LogP contribution in [0.5, 0.6) is 0 Å². The average molecular weight is 466 g/mol. The fourth-order valence-electron chi connectivity index (χ4n) is 5.33. The minimum Gasteiger partial charge on any atom is -0.396 e. The van der Waals surface area contributed by atoms with E-state index in [1.807, 2.05) is 26.8 Å². The topological polar surface area (TPSA) is 83.8 Å². The van der Waals surface area contributed by atoms with Crippen molar-refractivity contribution in [1.82, 2.24) is 24.8 Å². The first kappa shape index (κ1) is 24.1. The number of aryl methyl sites for hydroxylation is 2. The van der Waals surface area contributed by atoms with E-state index in [-0.39, 0.29) is 16.9 Å². The van der Waals surface area contributed by atoms with Crippen molar-refractivity contribution in [3.63, 3.8) is 0 Å². The lowest BCUT2D eigenvalue weighted by molar-refractivity contribution is 0.113. The van der Waals surface area contributed by atoms with Gasteiger partial charge in [-0.05, 0) is 85.1 Å². The number of amidine groups is 1. The number of anilines is 1. The maximum absolute atomic E-state index is 15.3. The zero-order chi connectivity index (χ0) is 25.0. The molecule has 3 heterocycles. The molecule has 0 radical (unpaired) electrons. The molecule has 2 aromatic heterocycles. The molecule has 182 valence electrons. The molecular weight excluding hydrogens is 429 g/mol. The Bertz CT molecular complexity index is 1230. The molecule has 1 aliphatic rings. The number of halogens is 1. The summed E-state index contributed by atoms with van der Waals surface area (Å²) in [5.41, 5.74) is 10.5. The lowest BCUT2D eigenvalue weighted by Gasteiger charge is -2.49. The van der Waals surface area contributed by atoms with Crippen LogP contribution in [0, 0.1) is 19.7 Å². The number of nitrogens with one attached hydrogen (secondary N) is 1. The van der Waals surface area contributed by atoms with Gasteiger partial charge in [0.25, 0.3) is 0 Å². The molecule has 0 atom stereocenters. The summed E-state index contributed by atoms with van der Waals surface area (Å²) in [5.74, 6) is 0.418. The van der Waals surface area contributed by atoms with Crippen LogP contribution in [0.15, 0.2) is 29.4 Å².